The van der Waals surface area contributed by atoms with Crippen molar-refractivity contribution in [1.82, 2.24) is 10.3 Å². The van der Waals surface area contributed by atoms with E-state index in [0.717, 1.165) is 13.0 Å². The van der Waals surface area contributed by atoms with Crippen LogP contribution in [0.3, 0.4) is 0 Å². The Morgan fingerprint density at radius 2 is 2.46 bits per heavy atom. The van der Waals surface area contributed by atoms with E-state index < -0.39 is 0 Å². The van der Waals surface area contributed by atoms with Crippen LogP contribution < -0.4 is 5.32 Å². The molecule has 0 unspecified atom stereocenters. The Labute approximate surface area is 77.5 Å². The number of nitrogens with one attached hydrogen (secondary N) is 1. The molecule has 2 nitrogen and oxygen atoms in total. The molecule has 1 rings (SSSR count). The van der Waals surface area contributed by atoms with Crippen LogP contribution in [0.5, 0.6) is 0 Å². The largest absolute Gasteiger partial charge is 0.319 e. The fraction of sp³-hybridized carbons (Fsp3) is 0.300. The van der Waals surface area contributed by atoms with Gasteiger partial charge in [-0.05, 0) is 38.2 Å². The predicted molar refractivity (Wildman–Crippen MR) is 51.8 cm³/mol. The summed E-state index contributed by atoms with van der Waals surface area (Å²) in [6.45, 7) is 0.922. The van der Waals surface area contributed by atoms with E-state index in [-0.39, 0.29) is 5.82 Å². The van der Waals surface area contributed by atoms with Crippen LogP contribution in [0.1, 0.15) is 12.1 Å². The molecule has 0 bridgehead atoms. The molecule has 1 heterocycles. The minimum Gasteiger partial charge on any atom is -0.319 e. The van der Waals surface area contributed by atoms with Gasteiger partial charge in [0.25, 0.3) is 0 Å². The number of hydrogen-bond acceptors (Lipinski definition) is 2. The van der Waals surface area contributed by atoms with E-state index >= 15 is 0 Å². The Kier molecular flexibility index (Phi) is 4.12. The summed E-state index contributed by atoms with van der Waals surface area (Å²) in [6.07, 6.45) is 6.18. The Hall–Kier alpha value is -1.22. The van der Waals surface area contributed by atoms with Crippen LogP contribution in [0.2, 0.25) is 0 Å². The molecule has 0 saturated heterocycles. The first-order valence-electron chi connectivity index (χ1n) is 4.25. The fourth-order valence-corrected chi connectivity index (χ4v) is 0.944. The number of pyridine rings is 1. The second kappa shape index (κ2) is 5.43. The van der Waals surface area contributed by atoms with Crippen molar-refractivity contribution in [3.05, 3.63) is 35.9 Å². The predicted octanol–water partition coefficient (Wildman–Crippen LogP) is 1.84. The summed E-state index contributed by atoms with van der Waals surface area (Å²) >= 11 is 0. The first-order valence-corrected chi connectivity index (χ1v) is 4.25. The molecule has 0 spiro atoms. The summed E-state index contributed by atoms with van der Waals surface area (Å²) in [5.74, 6) is -0.247. The summed E-state index contributed by atoms with van der Waals surface area (Å²) in [4.78, 5) is 3.99. The maximum absolute atomic E-state index is 12.7. The average molecular weight is 180 g/mol. The lowest BCUT2D eigenvalue weighted by Crippen LogP contribution is -2.05. The number of halogens is 1. The molecule has 0 atom stereocenters. The van der Waals surface area contributed by atoms with Crippen LogP contribution in [0, 0.1) is 5.82 Å². The van der Waals surface area contributed by atoms with Gasteiger partial charge in [0.15, 0.2) is 0 Å². The monoisotopic (exact) mass is 180 g/mol. The van der Waals surface area contributed by atoms with Gasteiger partial charge in [0, 0.05) is 6.20 Å². The van der Waals surface area contributed by atoms with Gasteiger partial charge >= 0.3 is 0 Å². The fourth-order valence-electron chi connectivity index (χ4n) is 0.944. The van der Waals surface area contributed by atoms with Crippen molar-refractivity contribution in [2.24, 2.45) is 0 Å². The first kappa shape index (κ1) is 9.86. The van der Waals surface area contributed by atoms with Gasteiger partial charge in [0.1, 0.15) is 5.82 Å². The minimum atomic E-state index is -0.247. The quantitative estimate of drug-likeness (QED) is 0.715. The summed E-state index contributed by atoms with van der Waals surface area (Å²) in [7, 11) is 1.90. The molecule has 0 amide bonds. The lowest BCUT2D eigenvalue weighted by molar-refractivity contribution is 0.625. The summed E-state index contributed by atoms with van der Waals surface area (Å²) in [5, 5.41) is 3.02. The third-order valence-electron chi connectivity index (χ3n) is 1.59. The molecule has 0 aromatic carbocycles. The van der Waals surface area contributed by atoms with Crippen molar-refractivity contribution in [1.29, 1.82) is 0 Å². The average Bonchev–Trinajstić information content (AvgIpc) is 2.13. The van der Waals surface area contributed by atoms with E-state index in [4.69, 9.17) is 0 Å². The van der Waals surface area contributed by atoms with Gasteiger partial charge in [0.2, 0.25) is 0 Å². The zero-order valence-electron chi connectivity index (χ0n) is 7.63. The van der Waals surface area contributed by atoms with Gasteiger partial charge in [0.05, 0.1) is 5.69 Å². The topological polar surface area (TPSA) is 24.9 Å². The molecule has 0 aliphatic heterocycles. The minimum absolute atomic E-state index is 0.247. The van der Waals surface area contributed by atoms with E-state index in [2.05, 4.69) is 10.3 Å². The molecule has 13 heavy (non-hydrogen) atoms. The second-order valence-corrected chi connectivity index (χ2v) is 2.69. The zero-order chi connectivity index (χ0) is 9.52. The molecule has 0 radical (unpaired) electrons. The van der Waals surface area contributed by atoms with E-state index in [1.165, 1.54) is 18.3 Å². The second-order valence-electron chi connectivity index (χ2n) is 2.69. The van der Waals surface area contributed by atoms with Crippen molar-refractivity contribution in [2.45, 2.75) is 6.42 Å². The SMILES string of the molecule is CNCCC=Cc1cc(F)ccn1. The van der Waals surface area contributed by atoms with Gasteiger partial charge in [-0.15, -0.1) is 0 Å². The number of hydrogen-bond donors (Lipinski definition) is 1. The smallest absolute Gasteiger partial charge is 0.126 e. The molecule has 0 aliphatic rings. The third kappa shape index (κ3) is 3.80. The standard InChI is InChI=1S/C10H13FN2/c1-12-6-3-2-4-10-8-9(11)5-7-13-10/h2,4-5,7-8,12H,3,6H2,1H3. The Balaban J connectivity index is 2.48. The van der Waals surface area contributed by atoms with Gasteiger partial charge in [-0.2, -0.15) is 0 Å². The van der Waals surface area contributed by atoms with Gasteiger partial charge in [-0.3, -0.25) is 4.98 Å². The molecule has 1 aromatic heterocycles. The van der Waals surface area contributed by atoms with Crippen LogP contribution >= 0.6 is 0 Å². The lowest BCUT2D eigenvalue weighted by atomic mass is 10.3. The molecular weight excluding hydrogens is 167 g/mol. The van der Waals surface area contributed by atoms with Crippen LogP contribution in [-0.4, -0.2) is 18.6 Å². The number of nitrogens with zero attached hydrogens (tertiary/aromatic N) is 1. The molecule has 1 aromatic rings. The van der Waals surface area contributed by atoms with Crippen LogP contribution in [0.4, 0.5) is 4.39 Å². The molecular formula is C10H13FN2. The van der Waals surface area contributed by atoms with Crippen LogP contribution in [0.15, 0.2) is 24.4 Å². The molecule has 0 aliphatic carbocycles. The van der Waals surface area contributed by atoms with E-state index in [1.54, 1.807) is 0 Å². The van der Waals surface area contributed by atoms with Crippen molar-refractivity contribution in [2.75, 3.05) is 13.6 Å². The maximum atomic E-state index is 12.7. The van der Waals surface area contributed by atoms with E-state index in [1.807, 2.05) is 19.2 Å². The van der Waals surface area contributed by atoms with Crippen molar-refractivity contribution >= 4 is 6.08 Å². The highest BCUT2D eigenvalue weighted by Gasteiger charge is 1.90. The maximum Gasteiger partial charge on any atom is 0.126 e. The van der Waals surface area contributed by atoms with E-state index in [9.17, 15) is 4.39 Å². The highest BCUT2D eigenvalue weighted by Crippen LogP contribution is 2.01. The Morgan fingerprint density at radius 3 is 3.15 bits per heavy atom. The molecule has 3 heteroatoms. The zero-order valence-corrected chi connectivity index (χ0v) is 7.63. The lowest BCUT2D eigenvalue weighted by Gasteiger charge is -1.93. The number of rotatable bonds is 4. The summed E-state index contributed by atoms with van der Waals surface area (Å²) in [5.41, 5.74) is 0.663. The normalized spacial score (nSPS) is 10.9. The van der Waals surface area contributed by atoms with Crippen LogP contribution in [0.25, 0.3) is 6.08 Å². The highest BCUT2D eigenvalue weighted by atomic mass is 19.1. The summed E-state index contributed by atoms with van der Waals surface area (Å²) < 4.78 is 12.7. The molecule has 70 valence electrons. The molecule has 1 N–H and O–H groups in total. The Morgan fingerprint density at radius 1 is 1.62 bits per heavy atom. The molecule has 0 saturated carbocycles. The van der Waals surface area contributed by atoms with Gasteiger partial charge < -0.3 is 5.32 Å². The molecule has 0 fully saturated rings. The summed E-state index contributed by atoms with van der Waals surface area (Å²) in [6, 6.07) is 2.75. The van der Waals surface area contributed by atoms with Crippen molar-refractivity contribution < 1.29 is 4.39 Å². The van der Waals surface area contributed by atoms with Gasteiger partial charge in [-0.1, -0.05) is 6.08 Å². The highest BCUT2D eigenvalue weighted by molar-refractivity contribution is 5.43. The van der Waals surface area contributed by atoms with Crippen molar-refractivity contribution in [3.8, 4) is 0 Å². The van der Waals surface area contributed by atoms with Crippen molar-refractivity contribution in [3.63, 3.8) is 0 Å². The third-order valence-corrected chi connectivity index (χ3v) is 1.59. The first-order chi connectivity index (χ1) is 6.33. The number of aromatic nitrogens is 1. The van der Waals surface area contributed by atoms with Gasteiger partial charge in [-0.25, -0.2) is 4.39 Å². The Bertz CT molecular complexity index is 284. The van der Waals surface area contributed by atoms with Crippen LogP contribution in [-0.2, 0) is 0 Å². The van der Waals surface area contributed by atoms with E-state index in [0.29, 0.717) is 5.69 Å².